The van der Waals surface area contributed by atoms with Gasteiger partial charge in [0.05, 0.1) is 12.2 Å². The molecular formula is C8H18O2Y. The number of hydrogen-bond acceptors (Lipinski definition) is 2. The molecule has 65 valence electrons. The number of aliphatic hydroxyl groups excluding tert-OH is 2. The third-order valence-corrected chi connectivity index (χ3v) is 1.72. The molecule has 0 aromatic carbocycles. The minimum absolute atomic E-state index is 0. The smallest absolute Gasteiger partial charge is 0.0824 e. The fourth-order valence-corrected chi connectivity index (χ4v) is 0.789. The van der Waals surface area contributed by atoms with Crippen LogP contribution in [0.2, 0.25) is 0 Å². The average molecular weight is 235 g/mol. The van der Waals surface area contributed by atoms with Gasteiger partial charge >= 0.3 is 0 Å². The van der Waals surface area contributed by atoms with Crippen LogP contribution in [-0.2, 0) is 32.7 Å². The van der Waals surface area contributed by atoms with Gasteiger partial charge in [0.25, 0.3) is 0 Å². The minimum atomic E-state index is -0.583. The largest absolute Gasteiger partial charge is 0.390 e. The van der Waals surface area contributed by atoms with E-state index in [4.69, 9.17) is 0 Å². The van der Waals surface area contributed by atoms with Gasteiger partial charge in [-0.2, -0.15) is 0 Å². The zero-order valence-corrected chi connectivity index (χ0v) is 10.6. The summed E-state index contributed by atoms with van der Waals surface area (Å²) in [6.07, 6.45) is -1.17. The summed E-state index contributed by atoms with van der Waals surface area (Å²) in [5.74, 6) is 0.273. The summed E-state index contributed by atoms with van der Waals surface area (Å²) in [5, 5.41) is 18.6. The maximum Gasteiger partial charge on any atom is 0.0824 e. The molecule has 0 aromatic heterocycles. The monoisotopic (exact) mass is 235 g/mol. The Kier molecular flexibility index (Phi) is 8.63. The Morgan fingerprint density at radius 1 is 0.727 bits per heavy atom. The molecule has 0 aliphatic heterocycles. The topological polar surface area (TPSA) is 40.5 Å². The molecule has 0 aliphatic carbocycles. The fraction of sp³-hybridized carbons (Fsp3) is 1.00. The summed E-state index contributed by atoms with van der Waals surface area (Å²) < 4.78 is 0. The van der Waals surface area contributed by atoms with E-state index in [1.807, 2.05) is 27.7 Å². The fourth-order valence-electron chi connectivity index (χ4n) is 0.789. The van der Waals surface area contributed by atoms with Crippen molar-refractivity contribution < 1.29 is 42.9 Å². The van der Waals surface area contributed by atoms with Gasteiger partial charge in [-0.3, -0.25) is 0 Å². The Morgan fingerprint density at radius 2 is 0.909 bits per heavy atom. The molecule has 2 atom stereocenters. The van der Waals surface area contributed by atoms with Crippen LogP contribution < -0.4 is 0 Å². The van der Waals surface area contributed by atoms with Crippen molar-refractivity contribution in [1.82, 2.24) is 0 Å². The first-order chi connectivity index (χ1) is 4.46. The van der Waals surface area contributed by atoms with Gasteiger partial charge in [0.15, 0.2) is 0 Å². The summed E-state index contributed by atoms with van der Waals surface area (Å²) in [6.45, 7) is 7.60. The Bertz CT molecular complexity index is 82.1. The Morgan fingerprint density at radius 3 is 1.00 bits per heavy atom. The van der Waals surface area contributed by atoms with Gasteiger partial charge in [0.1, 0.15) is 0 Å². The Hall–Kier alpha value is 1.02. The summed E-state index contributed by atoms with van der Waals surface area (Å²) in [7, 11) is 0. The number of hydrogen-bond donors (Lipinski definition) is 2. The van der Waals surface area contributed by atoms with E-state index in [0.717, 1.165) is 0 Å². The molecule has 2 N–H and O–H groups in total. The quantitative estimate of drug-likeness (QED) is 0.766. The zero-order valence-electron chi connectivity index (χ0n) is 7.78. The van der Waals surface area contributed by atoms with Crippen molar-refractivity contribution in [2.24, 2.45) is 11.8 Å². The van der Waals surface area contributed by atoms with Crippen LogP contribution >= 0.6 is 0 Å². The maximum absolute atomic E-state index is 9.32. The summed E-state index contributed by atoms with van der Waals surface area (Å²) in [5.41, 5.74) is 0. The SMILES string of the molecule is CC(C)[C@@H](O)[C@H](O)C(C)C.[Y]. The third kappa shape index (κ3) is 5.29. The Balaban J connectivity index is 0. The van der Waals surface area contributed by atoms with Crippen molar-refractivity contribution >= 4 is 0 Å². The van der Waals surface area contributed by atoms with Crippen molar-refractivity contribution in [3.8, 4) is 0 Å². The van der Waals surface area contributed by atoms with Gasteiger partial charge in [0.2, 0.25) is 0 Å². The number of aliphatic hydroxyl groups is 2. The molecule has 0 bridgehead atoms. The second-order valence-corrected chi connectivity index (χ2v) is 3.47. The summed E-state index contributed by atoms with van der Waals surface area (Å²) in [6, 6.07) is 0. The molecule has 0 aliphatic rings. The van der Waals surface area contributed by atoms with Crippen LogP contribution in [0, 0.1) is 11.8 Å². The van der Waals surface area contributed by atoms with E-state index in [9.17, 15) is 10.2 Å². The molecule has 0 fully saturated rings. The van der Waals surface area contributed by atoms with Crippen LogP contribution in [0.25, 0.3) is 0 Å². The van der Waals surface area contributed by atoms with Crippen LogP contribution in [0.3, 0.4) is 0 Å². The van der Waals surface area contributed by atoms with Gasteiger partial charge < -0.3 is 10.2 Å². The zero-order chi connectivity index (χ0) is 8.31. The van der Waals surface area contributed by atoms with Gasteiger partial charge in [0, 0.05) is 32.7 Å². The molecule has 0 rings (SSSR count). The molecule has 11 heavy (non-hydrogen) atoms. The van der Waals surface area contributed by atoms with Crippen molar-refractivity contribution in [2.45, 2.75) is 39.9 Å². The van der Waals surface area contributed by atoms with Gasteiger partial charge in [-0.1, -0.05) is 27.7 Å². The first-order valence-corrected chi connectivity index (χ1v) is 3.83. The van der Waals surface area contributed by atoms with E-state index in [-0.39, 0.29) is 44.5 Å². The molecular weight excluding hydrogens is 217 g/mol. The molecule has 0 saturated heterocycles. The molecule has 0 aromatic rings. The molecule has 0 unspecified atom stereocenters. The van der Waals surface area contributed by atoms with Gasteiger partial charge in [-0.15, -0.1) is 0 Å². The third-order valence-electron chi connectivity index (χ3n) is 1.72. The Labute approximate surface area is 94.3 Å². The minimum Gasteiger partial charge on any atom is -0.390 e. The van der Waals surface area contributed by atoms with Crippen LogP contribution in [0.5, 0.6) is 0 Å². The molecule has 0 heterocycles. The molecule has 0 spiro atoms. The summed E-state index contributed by atoms with van der Waals surface area (Å²) in [4.78, 5) is 0. The van der Waals surface area contributed by atoms with Crippen molar-refractivity contribution in [3.63, 3.8) is 0 Å². The second-order valence-electron chi connectivity index (χ2n) is 3.47. The van der Waals surface area contributed by atoms with Gasteiger partial charge in [-0.25, -0.2) is 0 Å². The predicted molar refractivity (Wildman–Crippen MR) is 41.7 cm³/mol. The maximum atomic E-state index is 9.32. The number of rotatable bonds is 3. The standard InChI is InChI=1S/C8H18O2.Y/c1-5(2)7(9)8(10)6(3)4;/h5-10H,1-4H3;/t7-,8-;/m1./s1. The first kappa shape index (κ1) is 14.5. The van der Waals surface area contributed by atoms with Crippen molar-refractivity contribution in [3.05, 3.63) is 0 Å². The molecule has 1 radical (unpaired) electrons. The first-order valence-electron chi connectivity index (χ1n) is 3.83. The van der Waals surface area contributed by atoms with Crippen LogP contribution in [-0.4, -0.2) is 22.4 Å². The van der Waals surface area contributed by atoms with E-state index in [1.54, 1.807) is 0 Å². The van der Waals surface area contributed by atoms with Crippen molar-refractivity contribution in [2.75, 3.05) is 0 Å². The van der Waals surface area contributed by atoms with E-state index >= 15 is 0 Å². The molecule has 0 saturated carbocycles. The van der Waals surface area contributed by atoms with E-state index in [1.165, 1.54) is 0 Å². The van der Waals surface area contributed by atoms with E-state index < -0.39 is 12.2 Å². The predicted octanol–water partition coefficient (Wildman–Crippen LogP) is 1.02. The molecule has 2 nitrogen and oxygen atoms in total. The second kappa shape index (κ2) is 6.53. The average Bonchev–Trinajstić information content (AvgIpc) is 1.84. The van der Waals surface area contributed by atoms with Crippen LogP contribution in [0.4, 0.5) is 0 Å². The van der Waals surface area contributed by atoms with E-state index in [0.29, 0.717) is 0 Å². The van der Waals surface area contributed by atoms with E-state index in [2.05, 4.69) is 0 Å². The molecule has 0 amide bonds. The normalized spacial score (nSPS) is 16.4. The van der Waals surface area contributed by atoms with Crippen LogP contribution in [0.1, 0.15) is 27.7 Å². The van der Waals surface area contributed by atoms with Crippen molar-refractivity contribution in [1.29, 1.82) is 0 Å². The molecule has 3 heteroatoms. The summed E-state index contributed by atoms with van der Waals surface area (Å²) >= 11 is 0. The van der Waals surface area contributed by atoms with Gasteiger partial charge in [-0.05, 0) is 11.8 Å². The van der Waals surface area contributed by atoms with Crippen LogP contribution in [0.15, 0.2) is 0 Å².